The van der Waals surface area contributed by atoms with Crippen LogP contribution >= 0.6 is 0 Å². The number of rotatable bonds is 1. The molecule has 0 atom stereocenters. The van der Waals surface area contributed by atoms with Crippen molar-refractivity contribution >= 4 is 12.0 Å². The molecule has 2 amide bonds. The van der Waals surface area contributed by atoms with Crippen molar-refractivity contribution in [1.82, 2.24) is 10.2 Å². The molecule has 0 unspecified atom stereocenters. The second kappa shape index (κ2) is 5.38. The van der Waals surface area contributed by atoms with Crippen LogP contribution in [0, 0.1) is 5.92 Å². The van der Waals surface area contributed by atoms with Crippen LogP contribution in [-0.2, 0) is 9.53 Å². The van der Waals surface area contributed by atoms with Gasteiger partial charge in [0, 0.05) is 26.1 Å². The summed E-state index contributed by atoms with van der Waals surface area (Å²) in [4.78, 5) is 24.9. The maximum atomic E-state index is 11.8. The first-order valence-corrected chi connectivity index (χ1v) is 6.03. The monoisotopic (exact) mass is 242 g/mol. The average molecular weight is 242 g/mol. The highest BCUT2D eigenvalue weighted by Gasteiger charge is 2.29. The number of piperidine rings is 1. The van der Waals surface area contributed by atoms with Gasteiger partial charge in [-0.1, -0.05) is 0 Å². The number of carbonyl (C=O) groups excluding carboxylic acids is 2. The van der Waals surface area contributed by atoms with E-state index in [9.17, 15) is 9.59 Å². The molecule has 1 N–H and O–H groups in total. The van der Waals surface area contributed by atoms with Crippen LogP contribution in [0.15, 0.2) is 0 Å². The zero-order valence-corrected chi connectivity index (χ0v) is 11.1. The van der Waals surface area contributed by atoms with Crippen LogP contribution in [0.1, 0.15) is 33.6 Å². The summed E-state index contributed by atoms with van der Waals surface area (Å²) in [5.74, 6) is 0.0903. The number of hydrogen-bond acceptors (Lipinski definition) is 3. The Labute approximate surface area is 102 Å². The van der Waals surface area contributed by atoms with E-state index >= 15 is 0 Å². The molecule has 0 aromatic heterocycles. The lowest BCUT2D eigenvalue weighted by molar-refractivity contribution is -0.125. The molecule has 0 spiro atoms. The van der Waals surface area contributed by atoms with E-state index < -0.39 is 5.60 Å². The Morgan fingerprint density at radius 2 is 1.76 bits per heavy atom. The molecule has 1 heterocycles. The van der Waals surface area contributed by atoms with Crippen molar-refractivity contribution in [2.24, 2.45) is 5.92 Å². The Morgan fingerprint density at radius 1 is 1.24 bits per heavy atom. The summed E-state index contributed by atoms with van der Waals surface area (Å²) in [5, 5.41) is 2.64. The van der Waals surface area contributed by atoms with Gasteiger partial charge < -0.3 is 15.0 Å². The summed E-state index contributed by atoms with van der Waals surface area (Å²) in [6, 6.07) is 0. The zero-order chi connectivity index (χ0) is 13.1. The van der Waals surface area contributed by atoms with Crippen LogP contribution in [0.5, 0.6) is 0 Å². The van der Waals surface area contributed by atoms with Gasteiger partial charge in [-0.2, -0.15) is 0 Å². The molecule has 5 heteroatoms. The molecule has 0 bridgehead atoms. The third-order valence-electron chi connectivity index (χ3n) is 2.76. The number of likely N-dealkylation sites (tertiary alicyclic amines) is 1. The van der Waals surface area contributed by atoms with Gasteiger partial charge in [0.05, 0.1) is 0 Å². The summed E-state index contributed by atoms with van der Waals surface area (Å²) in [5.41, 5.74) is -0.464. The molecule has 1 aliphatic rings. The van der Waals surface area contributed by atoms with Crippen LogP contribution < -0.4 is 5.32 Å². The molecule has 5 nitrogen and oxygen atoms in total. The Bertz CT molecular complexity index is 289. The average Bonchev–Trinajstić information content (AvgIpc) is 2.26. The van der Waals surface area contributed by atoms with Crippen LogP contribution in [0.4, 0.5) is 4.79 Å². The Morgan fingerprint density at radius 3 is 2.18 bits per heavy atom. The van der Waals surface area contributed by atoms with Crippen molar-refractivity contribution in [2.75, 3.05) is 20.1 Å². The molecule has 17 heavy (non-hydrogen) atoms. The Balaban J connectivity index is 2.42. The zero-order valence-electron chi connectivity index (χ0n) is 11.1. The predicted octanol–water partition coefficient (Wildman–Crippen LogP) is 1.38. The molecule has 0 radical (unpaired) electrons. The molecule has 0 aliphatic carbocycles. The third kappa shape index (κ3) is 4.24. The molecule has 1 saturated heterocycles. The van der Waals surface area contributed by atoms with Gasteiger partial charge in [-0.3, -0.25) is 4.79 Å². The maximum Gasteiger partial charge on any atom is 0.410 e. The van der Waals surface area contributed by atoms with Gasteiger partial charge in [-0.15, -0.1) is 0 Å². The Hall–Kier alpha value is -1.26. The SMILES string of the molecule is CNC(=O)C1CCN(C(=O)OC(C)(C)C)CC1. The fraction of sp³-hybridized carbons (Fsp3) is 0.833. The summed E-state index contributed by atoms with van der Waals surface area (Å²) >= 11 is 0. The maximum absolute atomic E-state index is 11.8. The number of ether oxygens (including phenoxy) is 1. The molecule has 98 valence electrons. The van der Waals surface area contributed by atoms with Crippen molar-refractivity contribution in [3.05, 3.63) is 0 Å². The van der Waals surface area contributed by atoms with Crippen LogP contribution in [0.3, 0.4) is 0 Å². The molecular formula is C12H22N2O3. The minimum Gasteiger partial charge on any atom is -0.444 e. The molecular weight excluding hydrogens is 220 g/mol. The lowest BCUT2D eigenvalue weighted by atomic mass is 9.96. The second-order valence-electron chi connectivity index (χ2n) is 5.36. The summed E-state index contributed by atoms with van der Waals surface area (Å²) in [6.45, 7) is 6.73. The fourth-order valence-electron chi connectivity index (χ4n) is 1.85. The van der Waals surface area contributed by atoms with Crippen LogP contribution in [-0.4, -0.2) is 42.6 Å². The van der Waals surface area contributed by atoms with E-state index in [-0.39, 0.29) is 17.9 Å². The van der Waals surface area contributed by atoms with Crippen molar-refractivity contribution in [3.8, 4) is 0 Å². The van der Waals surface area contributed by atoms with Gasteiger partial charge in [0.15, 0.2) is 0 Å². The van der Waals surface area contributed by atoms with Crippen molar-refractivity contribution < 1.29 is 14.3 Å². The van der Waals surface area contributed by atoms with E-state index in [0.29, 0.717) is 25.9 Å². The van der Waals surface area contributed by atoms with Gasteiger partial charge in [-0.05, 0) is 33.6 Å². The molecule has 1 aliphatic heterocycles. The normalized spacial score (nSPS) is 17.8. The molecule has 0 saturated carbocycles. The third-order valence-corrected chi connectivity index (χ3v) is 2.76. The topological polar surface area (TPSA) is 58.6 Å². The molecule has 0 aromatic carbocycles. The minimum atomic E-state index is -0.464. The van der Waals surface area contributed by atoms with Gasteiger partial charge in [-0.25, -0.2) is 4.79 Å². The second-order valence-corrected chi connectivity index (χ2v) is 5.36. The van der Waals surface area contributed by atoms with Gasteiger partial charge in [0.25, 0.3) is 0 Å². The lowest BCUT2D eigenvalue weighted by Gasteiger charge is -2.32. The van der Waals surface area contributed by atoms with Gasteiger partial charge in [0.1, 0.15) is 5.60 Å². The summed E-state index contributed by atoms with van der Waals surface area (Å²) in [7, 11) is 1.64. The van der Waals surface area contributed by atoms with Crippen molar-refractivity contribution in [2.45, 2.75) is 39.2 Å². The predicted molar refractivity (Wildman–Crippen MR) is 64.6 cm³/mol. The summed E-state index contributed by atoms with van der Waals surface area (Å²) < 4.78 is 5.29. The Kier molecular flexibility index (Phi) is 4.37. The van der Waals surface area contributed by atoms with E-state index in [1.165, 1.54) is 0 Å². The van der Waals surface area contributed by atoms with E-state index in [0.717, 1.165) is 0 Å². The van der Waals surface area contributed by atoms with E-state index in [1.54, 1.807) is 11.9 Å². The number of amides is 2. The number of carbonyl (C=O) groups is 2. The number of hydrogen-bond donors (Lipinski definition) is 1. The molecule has 1 fully saturated rings. The quantitative estimate of drug-likeness (QED) is 0.755. The molecule has 0 aromatic rings. The van der Waals surface area contributed by atoms with E-state index in [4.69, 9.17) is 4.74 Å². The standard InChI is InChI=1S/C12H22N2O3/c1-12(2,3)17-11(16)14-7-5-9(6-8-14)10(15)13-4/h9H,5-8H2,1-4H3,(H,13,15). The van der Waals surface area contributed by atoms with Crippen molar-refractivity contribution in [3.63, 3.8) is 0 Å². The summed E-state index contributed by atoms with van der Waals surface area (Å²) in [6.07, 6.45) is 1.13. The number of nitrogens with one attached hydrogen (secondary N) is 1. The van der Waals surface area contributed by atoms with Gasteiger partial charge in [0.2, 0.25) is 5.91 Å². The van der Waals surface area contributed by atoms with Crippen LogP contribution in [0.2, 0.25) is 0 Å². The fourth-order valence-corrected chi connectivity index (χ4v) is 1.85. The molecule has 1 rings (SSSR count). The first-order chi connectivity index (χ1) is 7.83. The number of nitrogens with zero attached hydrogens (tertiary/aromatic N) is 1. The first-order valence-electron chi connectivity index (χ1n) is 6.03. The van der Waals surface area contributed by atoms with Crippen molar-refractivity contribution in [1.29, 1.82) is 0 Å². The minimum absolute atomic E-state index is 0.0266. The first kappa shape index (κ1) is 13.8. The van der Waals surface area contributed by atoms with E-state index in [1.807, 2.05) is 20.8 Å². The van der Waals surface area contributed by atoms with E-state index in [2.05, 4.69) is 5.32 Å². The highest BCUT2D eigenvalue weighted by Crippen LogP contribution is 2.19. The largest absolute Gasteiger partial charge is 0.444 e. The highest BCUT2D eigenvalue weighted by molar-refractivity contribution is 5.78. The highest BCUT2D eigenvalue weighted by atomic mass is 16.6. The smallest absolute Gasteiger partial charge is 0.410 e. The van der Waals surface area contributed by atoms with Gasteiger partial charge >= 0.3 is 6.09 Å². The van der Waals surface area contributed by atoms with Crippen LogP contribution in [0.25, 0.3) is 0 Å². The lowest BCUT2D eigenvalue weighted by Crippen LogP contribution is -2.44.